The van der Waals surface area contributed by atoms with Gasteiger partial charge >= 0.3 is 22.4 Å². The van der Waals surface area contributed by atoms with E-state index in [1.807, 2.05) is 0 Å². The molecule has 0 aliphatic carbocycles. The van der Waals surface area contributed by atoms with Crippen molar-refractivity contribution in [3.05, 3.63) is 44.7 Å². The molecule has 0 radical (unpaired) electrons. The van der Waals surface area contributed by atoms with Gasteiger partial charge in [0.25, 0.3) is 0 Å². The smallest absolute Gasteiger partial charge is 0.550 e. The molecule has 0 saturated heterocycles. The fourth-order valence-corrected chi connectivity index (χ4v) is 0.906. The van der Waals surface area contributed by atoms with Crippen molar-refractivity contribution in [3.8, 4) is 5.75 Å². The molecular weight excluding hydrogens is 385 g/mol. The maximum atomic E-state index is 10.6. The summed E-state index contributed by atoms with van der Waals surface area (Å²) in [6, 6.07) is 7.96. The van der Waals surface area contributed by atoms with Crippen molar-refractivity contribution in [1.29, 1.82) is 0 Å². The van der Waals surface area contributed by atoms with Crippen molar-refractivity contribution in [2.75, 3.05) is 6.61 Å². The molecule has 0 aliphatic heterocycles. The van der Waals surface area contributed by atoms with Gasteiger partial charge in [0.05, 0.1) is 6.61 Å². The number of rotatable bonds is 4. The monoisotopic (exact) mass is 404 g/mol. The summed E-state index contributed by atoms with van der Waals surface area (Å²) in [5.74, 6) is 1.07. The first-order chi connectivity index (χ1) is 6.24. The summed E-state index contributed by atoms with van der Waals surface area (Å²) in [6.45, 7) is 4.75. The molecule has 0 spiro atoms. The molecule has 1 aromatic rings. The predicted molar refractivity (Wildman–Crippen MR) is 63.8 cm³/mol. The average molecular weight is 404 g/mol. The van der Waals surface area contributed by atoms with Crippen LogP contribution in [0.4, 0.5) is 0 Å². The molecule has 0 saturated carbocycles. The molecule has 2 nitrogen and oxygen atoms in total. The maximum Gasteiger partial charge on any atom is 3.00 e. The molecule has 0 amide bonds. The zero-order chi connectivity index (χ0) is 9.68. The molecule has 0 aliphatic rings. The molecule has 1 rings (SSSR count). The zero-order valence-electron chi connectivity index (χ0n) is 10.2. The Morgan fingerprint density at radius 2 is 2.06 bits per heavy atom. The Morgan fingerprint density at radius 1 is 1.44 bits per heavy atom. The Labute approximate surface area is 115 Å². The first-order valence-corrected chi connectivity index (χ1v) is 4.32. The quantitative estimate of drug-likeness (QED) is 0.438. The van der Waals surface area contributed by atoms with E-state index >= 15 is 0 Å². The van der Waals surface area contributed by atoms with E-state index in [1.165, 1.54) is 0 Å². The Kier molecular flexibility index (Phi) is 14.2. The van der Waals surface area contributed by atoms with Crippen LogP contribution in [0.3, 0.4) is 0 Å². The van der Waals surface area contributed by atoms with Gasteiger partial charge < -0.3 is 24.4 Å². The van der Waals surface area contributed by atoms with Gasteiger partial charge in [-0.2, -0.15) is 18.2 Å². The van der Waals surface area contributed by atoms with Gasteiger partial charge in [0.15, 0.2) is 0 Å². The number of hydrogen-bond acceptors (Lipinski definition) is 2. The van der Waals surface area contributed by atoms with Gasteiger partial charge in [-0.1, -0.05) is 19.4 Å². The first kappa shape index (κ1) is 20.8. The van der Waals surface area contributed by atoms with Crippen molar-refractivity contribution in [3.63, 3.8) is 0 Å². The third-order valence-corrected chi connectivity index (χ3v) is 1.56. The van der Waals surface area contributed by atoms with Crippen LogP contribution >= 0.6 is 0 Å². The van der Waals surface area contributed by atoms with Gasteiger partial charge in [-0.3, -0.25) is 0 Å². The van der Waals surface area contributed by atoms with Crippen LogP contribution in [0.15, 0.2) is 18.2 Å². The molecular formula is C13H19AuO2. The van der Waals surface area contributed by atoms with Gasteiger partial charge in [0, 0.05) is 5.75 Å². The van der Waals surface area contributed by atoms with E-state index in [9.17, 15) is 4.79 Å². The molecule has 0 heterocycles. The van der Waals surface area contributed by atoms with Crippen LogP contribution in [0, 0.1) is 26.8 Å². The first-order valence-electron chi connectivity index (χ1n) is 4.32. The Balaban J connectivity index is -0.000000563. The minimum absolute atomic E-state index is 0. The van der Waals surface area contributed by atoms with Crippen molar-refractivity contribution < 1.29 is 31.9 Å². The summed E-state index contributed by atoms with van der Waals surface area (Å²) < 4.78 is 5.43. The normalized spacial score (nSPS) is 8.19. The van der Waals surface area contributed by atoms with E-state index in [1.54, 1.807) is 18.2 Å². The second-order valence-electron chi connectivity index (χ2n) is 3.29. The molecule has 0 bridgehead atoms. The van der Waals surface area contributed by atoms with Crippen molar-refractivity contribution in [1.82, 2.24) is 0 Å². The molecule has 0 aromatic heterocycles. The van der Waals surface area contributed by atoms with E-state index in [0.29, 0.717) is 23.8 Å². The molecule has 0 unspecified atom stereocenters. The zero-order valence-corrected chi connectivity index (χ0v) is 12.4. The Morgan fingerprint density at radius 3 is 2.56 bits per heavy atom. The van der Waals surface area contributed by atoms with Crippen molar-refractivity contribution in [2.24, 2.45) is 5.92 Å². The fourth-order valence-electron chi connectivity index (χ4n) is 0.906. The number of carbonyl (C=O) groups excluding carboxylic acids is 1. The molecule has 3 heteroatoms. The van der Waals surface area contributed by atoms with E-state index < -0.39 is 0 Å². The molecule has 94 valence electrons. The van der Waals surface area contributed by atoms with E-state index in [-0.39, 0.29) is 37.2 Å². The molecule has 1 aromatic carbocycles. The number of carbonyl (C=O) groups is 1. The largest absolute Gasteiger partial charge is 3.00 e. The maximum absolute atomic E-state index is 10.6. The number of aldehydes is 1. The molecule has 0 N–H and O–H groups in total. The summed E-state index contributed by atoms with van der Waals surface area (Å²) in [7, 11) is 0. The SMILES string of the molecule is CC(C)COc1c[c-]ccc1C=O.[Au+3].[CH3-].[CH3-]. The van der Waals surface area contributed by atoms with Crippen LogP contribution in [0.1, 0.15) is 24.2 Å². The van der Waals surface area contributed by atoms with Gasteiger partial charge in [-0.15, -0.1) is 6.07 Å². The minimum atomic E-state index is 0. The Bertz CT molecular complexity index is 285. The predicted octanol–water partition coefficient (Wildman–Crippen LogP) is 3.23. The molecule has 0 atom stereocenters. The van der Waals surface area contributed by atoms with Crippen LogP contribution < -0.4 is 4.74 Å². The summed E-state index contributed by atoms with van der Waals surface area (Å²) in [5.41, 5.74) is 0.583. The third kappa shape index (κ3) is 6.83. The standard InChI is InChI=1S/C11H13O2.2CH3.Au/c1-9(2)8-13-11-6-4-3-5-10(11)7-12;;;/h3,5-7,9H,8H2,1-2H3;2*1H3;/q3*-1;+3. The van der Waals surface area contributed by atoms with Crippen LogP contribution in [-0.2, 0) is 22.4 Å². The van der Waals surface area contributed by atoms with Crippen LogP contribution in [0.2, 0.25) is 0 Å². The number of benzene rings is 1. The summed E-state index contributed by atoms with van der Waals surface area (Å²) in [6.07, 6.45) is 0.795. The van der Waals surface area contributed by atoms with Crippen LogP contribution in [0.25, 0.3) is 0 Å². The average Bonchev–Trinajstić information content (AvgIpc) is 2.15. The van der Waals surface area contributed by atoms with Crippen LogP contribution in [0.5, 0.6) is 5.75 Å². The van der Waals surface area contributed by atoms with Crippen molar-refractivity contribution >= 4 is 6.29 Å². The molecule has 0 fully saturated rings. The Hall–Kier alpha value is -0.570. The van der Waals surface area contributed by atoms with Gasteiger partial charge in [0.2, 0.25) is 0 Å². The minimum Gasteiger partial charge on any atom is -0.550 e. The van der Waals surface area contributed by atoms with Crippen LogP contribution in [-0.4, -0.2) is 12.9 Å². The van der Waals surface area contributed by atoms with E-state index in [4.69, 9.17) is 4.74 Å². The second-order valence-corrected chi connectivity index (χ2v) is 3.29. The number of ether oxygens (including phenoxy) is 1. The third-order valence-electron chi connectivity index (χ3n) is 1.56. The van der Waals surface area contributed by atoms with E-state index in [2.05, 4.69) is 19.9 Å². The summed E-state index contributed by atoms with van der Waals surface area (Å²) in [5, 5.41) is 0. The van der Waals surface area contributed by atoms with E-state index in [0.717, 1.165) is 6.29 Å². The van der Waals surface area contributed by atoms with Gasteiger partial charge in [-0.25, -0.2) is 0 Å². The topological polar surface area (TPSA) is 26.3 Å². The number of hydrogen-bond donors (Lipinski definition) is 0. The van der Waals surface area contributed by atoms with Gasteiger partial charge in [0.1, 0.15) is 6.29 Å². The molecule has 16 heavy (non-hydrogen) atoms. The summed E-state index contributed by atoms with van der Waals surface area (Å²) in [4.78, 5) is 10.6. The fraction of sp³-hybridized carbons (Fsp3) is 0.308. The summed E-state index contributed by atoms with van der Waals surface area (Å²) >= 11 is 0. The van der Waals surface area contributed by atoms with Crippen molar-refractivity contribution in [2.45, 2.75) is 13.8 Å². The second kappa shape index (κ2) is 10.9. The van der Waals surface area contributed by atoms with Gasteiger partial charge in [-0.05, 0) is 5.92 Å².